The van der Waals surface area contributed by atoms with E-state index in [4.69, 9.17) is 0 Å². The summed E-state index contributed by atoms with van der Waals surface area (Å²) in [4.78, 5) is 16.9. The Morgan fingerprint density at radius 3 is 2.73 bits per heavy atom. The molecule has 0 fully saturated rings. The van der Waals surface area contributed by atoms with Gasteiger partial charge in [-0.25, -0.2) is 0 Å². The van der Waals surface area contributed by atoms with Gasteiger partial charge < -0.3 is 4.90 Å². The Hall–Kier alpha value is -1.29. The standard InChI is InChI=1S/C11H12N2OS/c1-13(11-12-10(14)8-15-11)7-9-5-3-2-4-6-9/h2-6H,7-8H2,1H3. The van der Waals surface area contributed by atoms with E-state index in [1.54, 1.807) is 0 Å². The molecule has 0 radical (unpaired) electrons. The van der Waals surface area contributed by atoms with Crippen molar-refractivity contribution in [2.45, 2.75) is 6.54 Å². The Kier molecular flexibility index (Phi) is 3.06. The minimum absolute atomic E-state index is 0.0325. The van der Waals surface area contributed by atoms with E-state index in [-0.39, 0.29) is 5.91 Å². The van der Waals surface area contributed by atoms with Crippen molar-refractivity contribution >= 4 is 22.8 Å². The summed E-state index contributed by atoms with van der Waals surface area (Å²) in [7, 11) is 1.96. The van der Waals surface area contributed by atoms with Crippen molar-refractivity contribution in [3.8, 4) is 0 Å². The van der Waals surface area contributed by atoms with Crippen LogP contribution >= 0.6 is 11.8 Å². The van der Waals surface area contributed by atoms with E-state index < -0.39 is 0 Å². The maximum absolute atomic E-state index is 11.0. The van der Waals surface area contributed by atoms with Crippen molar-refractivity contribution in [1.82, 2.24) is 4.90 Å². The summed E-state index contributed by atoms with van der Waals surface area (Å²) in [5.41, 5.74) is 1.22. The molecular weight excluding hydrogens is 208 g/mol. The number of rotatable bonds is 2. The summed E-state index contributed by atoms with van der Waals surface area (Å²) in [6.45, 7) is 0.792. The first-order valence-electron chi connectivity index (χ1n) is 4.75. The van der Waals surface area contributed by atoms with Crippen LogP contribution < -0.4 is 0 Å². The number of hydrogen-bond donors (Lipinski definition) is 0. The lowest BCUT2D eigenvalue weighted by molar-refractivity contribution is -0.115. The molecule has 0 aliphatic carbocycles. The molecule has 1 aliphatic heterocycles. The van der Waals surface area contributed by atoms with E-state index in [1.807, 2.05) is 30.1 Å². The van der Waals surface area contributed by atoms with Crippen molar-refractivity contribution < 1.29 is 4.79 Å². The Morgan fingerprint density at radius 2 is 2.13 bits per heavy atom. The van der Waals surface area contributed by atoms with Gasteiger partial charge in [0, 0.05) is 13.6 Å². The number of carbonyl (C=O) groups is 1. The van der Waals surface area contributed by atoms with Crippen LogP contribution in [0, 0.1) is 0 Å². The lowest BCUT2D eigenvalue weighted by Crippen LogP contribution is -2.22. The zero-order chi connectivity index (χ0) is 10.7. The van der Waals surface area contributed by atoms with E-state index in [0.29, 0.717) is 5.75 Å². The smallest absolute Gasteiger partial charge is 0.258 e. The van der Waals surface area contributed by atoms with Gasteiger partial charge in [0.05, 0.1) is 5.75 Å². The SMILES string of the molecule is CN(Cc1ccccc1)C1=NC(=O)CS1. The number of benzene rings is 1. The van der Waals surface area contributed by atoms with Crippen molar-refractivity contribution in [3.05, 3.63) is 35.9 Å². The number of amides is 1. The fourth-order valence-corrected chi connectivity index (χ4v) is 2.19. The van der Waals surface area contributed by atoms with Gasteiger partial charge in [-0.3, -0.25) is 4.79 Å². The molecule has 1 aromatic rings. The highest BCUT2D eigenvalue weighted by atomic mass is 32.2. The highest BCUT2D eigenvalue weighted by Gasteiger charge is 2.17. The monoisotopic (exact) mass is 220 g/mol. The molecule has 3 nitrogen and oxygen atoms in total. The number of thioether (sulfide) groups is 1. The third-order valence-corrected chi connectivity index (χ3v) is 3.19. The molecule has 0 bridgehead atoms. The van der Waals surface area contributed by atoms with Gasteiger partial charge in [0.15, 0.2) is 5.17 Å². The van der Waals surface area contributed by atoms with Crippen LogP contribution in [-0.4, -0.2) is 28.8 Å². The largest absolute Gasteiger partial charge is 0.350 e. The Labute approximate surface area is 93.2 Å². The average molecular weight is 220 g/mol. The Morgan fingerprint density at radius 1 is 1.40 bits per heavy atom. The second-order valence-electron chi connectivity index (χ2n) is 3.42. The maximum Gasteiger partial charge on any atom is 0.258 e. The van der Waals surface area contributed by atoms with E-state index in [1.165, 1.54) is 17.3 Å². The molecule has 0 unspecified atom stereocenters. The number of carbonyl (C=O) groups excluding carboxylic acids is 1. The fourth-order valence-electron chi connectivity index (χ4n) is 1.42. The van der Waals surface area contributed by atoms with Crippen LogP contribution in [0.2, 0.25) is 0 Å². The lowest BCUT2D eigenvalue weighted by atomic mass is 10.2. The minimum Gasteiger partial charge on any atom is -0.350 e. The van der Waals surface area contributed by atoms with E-state index in [9.17, 15) is 4.79 Å². The fraction of sp³-hybridized carbons (Fsp3) is 0.273. The molecule has 0 atom stereocenters. The summed E-state index contributed by atoms with van der Waals surface area (Å²) in [6.07, 6.45) is 0. The Bertz CT molecular complexity index is 389. The highest BCUT2D eigenvalue weighted by Crippen LogP contribution is 2.17. The van der Waals surface area contributed by atoms with Crippen molar-refractivity contribution in [2.75, 3.05) is 12.8 Å². The molecule has 0 spiro atoms. The number of hydrogen-bond acceptors (Lipinski definition) is 3. The second-order valence-corrected chi connectivity index (χ2v) is 4.36. The van der Waals surface area contributed by atoms with Gasteiger partial charge in [-0.05, 0) is 5.56 Å². The molecule has 78 valence electrons. The van der Waals surface area contributed by atoms with Gasteiger partial charge in [-0.15, -0.1) is 0 Å². The molecule has 15 heavy (non-hydrogen) atoms. The molecule has 4 heteroatoms. The number of nitrogens with zero attached hydrogens (tertiary/aromatic N) is 2. The van der Waals surface area contributed by atoms with Gasteiger partial charge in [0.25, 0.3) is 5.91 Å². The van der Waals surface area contributed by atoms with E-state index in [0.717, 1.165) is 11.7 Å². The van der Waals surface area contributed by atoms with Crippen LogP contribution in [0.15, 0.2) is 35.3 Å². The molecule has 1 aromatic carbocycles. The van der Waals surface area contributed by atoms with E-state index >= 15 is 0 Å². The molecular formula is C11H12N2OS. The van der Waals surface area contributed by atoms with Crippen LogP contribution in [0.3, 0.4) is 0 Å². The van der Waals surface area contributed by atoms with Crippen LogP contribution in [0.25, 0.3) is 0 Å². The predicted octanol–water partition coefficient (Wildman–Crippen LogP) is 1.75. The van der Waals surface area contributed by atoms with Gasteiger partial charge in [0.2, 0.25) is 0 Å². The van der Waals surface area contributed by atoms with Crippen molar-refractivity contribution in [2.24, 2.45) is 4.99 Å². The molecule has 1 aliphatic rings. The third-order valence-electron chi connectivity index (χ3n) is 2.13. The first-order chi connectivity index (χ1) is 7.25. The number of amidine groups is 1. The molecule has 2 rings (SSSR count). The average Bonchev–Trinajstić information content (AvgIpc) is 2.66. The maximum atomic E-state index is 11.0. The van der Waals surface area contributed by atoms with Gasteiger partial charge in [-0.1, -0.05) is 42.1 Å². The van der Waals surface area contributed by atoms with Crippen LogP contribution in [-0.2, 0) is 11.3 Å². The third kappa shape index (κ3) is 2.59. The summed E-state index contributed by atoms with van der Waals surface area (Å²) in [5.74, 6) is 0.448. The topological polar surface area (TPSA) is 32.7 Å². The summed E-state index contributed by atoms with van der Waals surface area (Å²) in [6, 6.07) is 10.2. The van der Waals surface area contributed by atoms with Crippen LogP contribution in [0.1, 0.15) is 5.56 Å². The zero-order valence-electron chi connectivity index (χ0n) is 8.51. The zero-order valence-corrected chi connectivity index (χ0v) is 9.33. The van der Waals surface area contributed by atoms with E-state index in [2.05, 4.69) is 17.1 Å². The summed E-state index contributed by atoms with van der Waals surface area (Å²) in [5, 5.41) is 0.823. The highest BCUT2D eigenvalue weighted by molar-refractivity contribution is 8.14. The normalized spacial score (nSPS) is 15.3. The van der Waals surface area contributed by atoms with Gasteiger partial charge >= 0.3 is 0 Å². The molecule has 0 N–H and O–H groups in total. The second kappa shape index (κ2) is 4.49. The van der Waals surface area contributed by atoms with Crippen molar-refractivity contribution in [3.63, 3.8) is 0 Å². The van der Waals surface area contributed by atoms with Crippen LogP contribution in [0.4, 0.5) is 0 Å². The molecule has 1 heterocycles. The summed E-state index contributed by atoms with van der Waals surface area (Å²) < 4.78 is 0. The molecule has 1 amide bonds. The first kappa shape index (κ1) is 10.2. The Balaban J connectivity index is 2.01. The van der Waals surface area contributed by atoms with Crippen LogP contribution in [0.5, 0.6) is 0 Å². The van der Waals surface area contributed by atoms with Gasteiger partial charge in [-0.2, -0.15) is 4.99 Å². The quantitative estimate of drug-likeness (QED) is 0.761. The first-order valence-corrected chi connectivity index (χ1v) is 5.73. The van der Waals surface area contributed by atoms with Gasteiger partial charge in [0.1, 0.15) is 0 Å². The molecule has 0 saturated heterocycles. The number of aliphatic imine (C=N–C) groups is 1. The minimum atomic E-state index is -0.0325. The predicted molar refractivity (Wildman–Crippen MR) is 62.8 cm³/mol. The lowest BCUT2D eigenvalue weighted by Gasteiger charge is -2.17. The molecule has 0 aromatic heterocycles. The molecule has 0 saturated carbocycles. The van der Waals surface area contributed by atoms with Crippen molar-refractivity contribution in [1.29, 1.82) is 0 Å². The summed E-state index contributed by atoms with van der Waals surface area (Å²) >= 11 is 1.50.